The van der Waals surface area contributed by atoms with Crippen molar-refractivity contribution in [1.82, 2.24) is 20.3 Å². The summed E-state index contributed by atoms with van der Waals surface area (Å²) in [6.07, 6.45) is 0. The van der Waals surface area contributed by atoms with Crippen LogP contribution in [0.1, 0.15) is 10.4 Å². The number of fused-ring (bicyclic) bond motifs is 1. The minimum Gasteiger partial charge on any atom is -0.355 e. The van der Waals surface area contributed by atoms with E-state index in [-0.39, 0.29) is 5.91 Å². The van der Waals surface area contributed by atoms with Crippen LogP contribution in [-0.4, -0.2) is 27.9 Å². The van der Waals surface area contributed by atoms with Crippen LogP contribution in [0.25, 0.3) is 11.0 Å². The smallest absolute Gasteiger partial charge is 0.251 e. The lowest BCUT2D eigenvalue weighted by Crippen LogP contribution is -2.17. The molecule has 0 aliphatic rings. The van der Waals surface area contributed by atoms with E-state index in [9.17, 15) is 4.79 Å². The van der Waals surface area contributed by atoms with Gasteiger partial charge >= 0.3 is 0 Å². The third-order valence-electron chi connectivity index (χ3n) is 2.10. The van der Waals surface area contributed by atoms with Gasteiger partial charge in [0.05, 0.1) is 5.52 Å². The van der Waals surface area contributed by atoms with E-state index in [0.29, 0.717) is 5.56 Å². The topological polar surface area (TPSA) is 59.8 Å². The predicted octanol–water partition coefficient (Wildman–Crippen LogP) is 0.328. The number of nitrogens with zero attached hydrogens (tertiary/aromatic N) is 3. The first-order valence-corrected chi connectivity index (χ1v) is 4.24. The molecular weight excluding hydrogens is 180 g/mol. The Balaban J connectivity index is 2.57. The average Bonchev–Trinajstić information content (AvgIpc) is 2.59. The Morgan fingerprint density at radius 2 is 2.29 bits per heavy atom. The normalized spacial score (nSPS) is 10.4. The highest BCUT2D eigenvalue weighted by Crippen LogP contribution is 2.11. The fourth-order valence-electron chi connectivity index (χ4n) is 1.33. The van der Waals surface area contributed by atoms with Gasteiger partial charge in [-0.3, -0.25) is 4.79 Å². The molecule has 0 atom stereocenters. The number of amides is 1. The van der Waals surface area contributed by atoms with E-state index >= 15 is 0 Å². The molecule has 14 heavy (non-hydrogen) atoms. The van der Waals surface area contributed by atoms with Crippen LogP contribution in [0, 0.1) is 0 Å². The Hall–Kier alpha value is -1.91. The Labute approximate surface area is 80.7 Å². The van der Waals surface area contributed by atoms with Crippen LogP contribution in [-0.2, 0) is 7.05 Å². The number of carbonyl (C=O) groups is 1. The number of nitrogens with one attached hydrogen (secondary N) is 1. The molecule has 5 nitrogen and oxygen atoms in total. The van der Waals surface area contributed by atoms with Gasteiger partial charge < -0.3 is 5.32 Å². The van der Waals surface area contributed by atoms with Crippen LogP contribution in [0.4, 0.5) is 0 Å². The zero-order chi connectivity index (χ0) is 10.1. The summed E-state index contributed by atoms with van der Waals surface area (Å²) >= 11 is 0. The highest BCUT2D eigenvalue weighted by molar-refractivity contribution is 5.97. The van der Waals surface area contributed by atoms with Gasteiger partial charge in [0.1, 0.15) is 5.52 Å². The lowest BCUT2D eigenvalue weighted by atomic mass is 10.2. The van der Waals surface area contributed by atoms with Crippen molar-refractivity contribution in [2.75, 3.05) is 7.05 Å². The van der Waals surface area contributed by atoms with Gasteiger partial charge in [-0.25, -0.2) is 4.68 Å². The van der Waals surface area contributed by atoms with E-state index in [1.54, 1.807) is 23.9 Å². The van der Waals surface area contributed by atoms with Crippen molar-refractivity contribution < 1.29 is 4.79 Å². The predicted molar refractivity (Wildman–Crippen MR) is 51.9 cm³/mol. The fourth-order valence-corrected chi connectivity index (χ4v) is 1.33. The van der Waals surface area contributed by atoms with Crippen LogP contribution in [0.2, 0.25) is 0 Å². The summed E-state index contributed by atoms with van der Waals surface area (Å²) in [6, 6.07) is 5.31. The molecule has 0 unspecified atom stereocenters. The van der Waals surface area contributed by atoms with Crippen molar-refractivity contribution in [2.24, 2.45) is 7.05 Å². The number of rotatable bonds is 1. The molecule has 2 rings (SSSR count). The van der Waals surface area contributed by atoms with Crippen molar-refractivity contribution in [2.45, 2.75) is 0 Å². The van der Waals surface area contributed by atoms with E-state index in [1.165, 1.54) is 0 Å². The number of benzene rings is 1. The molecule has 5 heteroatoms. The molecule has 0 saturated heterocycles. The van der Waals surface area contributed by atoms with Crippen LogP contribution in [0.15, 0.2) is 18.2 Å². The Morgan fingerprint density at radius 1 is 1.50 bits per heavy atom. The van der Waals surface area contributed by atoms with Gasteiger partial charge in [-0.1, -0.05) is 5.21 Å². The second-order valence-corrected chi connectivity index (χ2v) is 3.00. The zero-order valence-electron chi connectivity index (χ0n) is 7.98. The molecule has 0 bridgehead atoms. The van der Waals surface area contributed by atoms with Gasteiger partial charge in [-0.05, 0) is 18.2 Å². The summed E-state index contributed by atoms with van der Waals surface area (Å²) in [5, 5.41) is 10.3. The molecule has 72 valence electrons. The zero-order valence-corrected chi connectivity index (χ0v) is 7.98. The quantitative estimate of drug-likeness (QED) is 0.704. The first kappa shape index (κ1) is 8.68. The molecule has 1 aromatic carbocycles. The molecule has 0 radical (unpaired) electrons. The van der Waals surface area contributed by atoms with E-state index in [4.69, 9.17) is 0 Å². The van der Waals surface area contributed by atoms with Crippen LogP contribution in [0.3, 0.4) is 0 Å². The largest absolute Gasteiger partial charge is 0.355 e. The molecule has 0 aliphatic heterocycles. The Kier molecular flexibility index (Phi) is 1.92. The first-order valence-electron chi connectivity index (χ1n) is 4.24. The van der Waals surface area contributed by atoms with Gasteiger partial charge in [0.25, 0.3) is 5.91 Å². The van der Waals surface area contributed by atoms with Gasteiger partial charge in [0.15, 0.2) is 0 Å². The second-order valence-electron chi connectivity index (χ2n) is 3.00. The Morgan fingerprint density at radius 3 is 3.00 bits per heavy atom. The number of hydrogen-bond donors (Lipinski definition) is 1. The molecule has 1 heterocycles. The third-order valence-corrected chi connectivity index (χ3v) is 2.10. The van der Waals surface area contributed by atoms with E-state index < -0.39 is 0 Å². The molecule has 1 aromatic heterocycles. The SMILES string of the molecule is CNC(=O)c1ccc2c(c1)nnn2C. The fraction of sp³-hybridized carbons (Fsp3) is 0.222. The van der Waals surface area contributed by atoms with Crippen molar-refractivity contribution in [3.63, 3.8) is 0 Å². The summed E-state index contributed by atoms with van der Waals surface area (Å²) in [4.78, 5) is 11.3. The van der Waals surface area contributed by atoms with Crippen LogP contribution in [0.5, 0.6) is 0 Å². The van der Waals surface area contributed by atoms with Crippen LogP contribution < -0.4 is 5.32 Å². The molecule has 2 aromatic rings. The molecule has 1 amide bonds. The maximum Gasteiger partial charge on any atom is 0.251 e. The number of hydrogen-bond acceptors (Lipinski definition) is 3. The molecular formula is C9H10N4O. The summed E-state index contributed by atoms with van der Waals surface area (Å²) in [5.41, 5.74) is 2.24. The molecule has 0 spiro atoms. The molecule has 0 aliphatic carbocycles. The molecule has 0 saturated carbocycles. The lowest BCUT2D eigenvalue weighted by Gasteiger charge is -1.98. The van der Waals surface area contributed by atoms with Crippen molar-refractivity contribution >= 4 is 16.9 Å². The minimum atomic E-state index is -0.113. The third kappa shape index (κ3) is 1.22. The summed E-state index contributed by atoms with van der Waals surface area (Å²) in [6.45, 7) is 0. The van der Waals surface area contributed by atoms with Crippen LogP contribution >= 0.6 is 0 Å². The summed E-state index contributed by atoms with van der Waals surface area (Å²) in [7, 11) is 3.41. The number of aryl methyl sites for hydroxylation is 1. The first-order chi connectivity index (χ1) is 6.72. The second kappa shape index (κ2) is 3.10. The number of aromatic nitrogens is 3. The maximum atomic E-state index is 11.3. The standard InChI is InChI=1S/C9H10N4O/c1-10-9(14)6-3-4-8-7(5-6)11-12-13(8)2/h3-5H,1-2H3,(H,10,14). The van der Waals surface area contributed by atoms with Gasteiger partial charge in [0.2, 0.25) is 0 Å². The Bertz CT molecular complexity index is 489. The van der Waals surface area contributed by atoms with Crippen molar-refractivity contribution in [3.8, 4) is 0 Å². The van der Waals surface area contributed by atoms with Gasteiger partial charge in [0, 0.05) is 19.7 Å². The number of carbonyl (C=O) groups excluding carboxylic acids is 1. The average molecular weight is 190 g/mol. The highest BCUT2D eigenvalue weighted by atomic mass is 16.1. The van der Waals surface area contributed by atoms with E-state index in [1.807, 2.05) is 13.1 Å². The molecule has 0 fully saturated rings. The van der Waals surface area contributed by atoms with Crippen molar-refractivity contribution in [3.05, 3.63) is 23.8 Å². The maximum absolute atomic E-state index is 11.3. The lowest BCUT2D eigenvalue weighted by molar-refractivity contribution is 0.0963. The summed E-state index contributed by atoms with van der Waals surface area (Å²) < 4.78 is 1.67. The minimum absolute atomic E-state index is 0.113. The van der Waals surface area contributed by atoms with E-state index in [0.717, 1.165) is 11.0 Å². The van der Waals surface area contributed by atoms with Gasteiger partial charge in [-0.15, -0.1) is 5.10 Å². The monoisotopic (exact) mass is 190 g/mol. The highest BCUT2D eigenvalue weighted by Gasteiger charge is 2.06. The van der Waals surface area contributed by atoms with E-state index in [2.05, 4.69) is 15.6 Å². The van der Waals surface area contributed by atoms with Crippen molar-refractivity contribution in [1.29, 1.82) is 0 Å². The van der Waals surface area contributed by atoms with Gasteiger partial charge in [-0.2, -0.15) is 0 Å². The summed E-state index contributed by atoms with van der Waals surface area (Å²) in [5.74, 6) is -0.113. The molecule has 1 N–H and O–H groups in total.